The van der Waals surface area contributed by atoms with Gasteiger partial charge in [0.2, 0.25) is 0 Å². The van der Waals surface area contributed by atoms with E-state index in [4.69, 9.17) is 11.6 Å². The summed E-state index contributed by atoms with van der Waals surface area (Å²) in [7, 11) is 0. The van der Waals surface area contributed by atoms with E-state index in [1.165, 1.54) is 12.1 Å². The number of aromatic nitrogens is 3. The van der Waals surface area contributed by atoms with Crippen LogP contribution in [0.4, 0.5) is 4.53 Å². The molecule has 4 nitrogen and oxygen atoms in total. The van der Waals surface area contributed by atoms with Crippen LogP contribution in [-0.2, 0) is 0 Å². The van der Waals surface area contributed by atoms with Crippen LogP contribution in [-0.4, -0.2) is 15.0 Å². The second-order valence-electron chi connectivity index (χ2n) is 3.85. The number of nitrogens with zero attached hydrogens (tertiary/aromatic N) is 3. The molecule has 0 amide bonds. The number of fused-ring (bicyclic) bond motifs is 1. The molecule has 0 bridgehead atoms. The minimum atomic E-state index is 0.134. The standard InChI is InChI=1S/C13H7ClFN3O/c14-9-5-11-12(16-6-9)7-17-13(18-11)8-1-3-10(19-15)4-2-8/h1-7H. The number of hydrogen-bond acceptors (Lipinski definition) is 4. The number of benzene rings is 1. The number of pyridine rings is 1. The highest BCUT2D eigenvalue weighted by atomic mass is 35.5. The van der Waals surface area contributed by atoms with Crippen LogP contribution in [0.15, 0.2) is 42.7 Å². The average Bonchev–Trinajstić information content (AvgIpc) is 2.46. The molecular weight excluding hydrogens is 269 g/mol. The Morgan fingerprint density at radius 1 is 1.00 bits per heavy atom. The zero-order chi connectivity index (χ0) is 13.2. The maximum absolute atomic E-state index is 12.0. The molecule has 0 N–H and O–H groups in total. The van der Waals surface area contributed by atoms with Gasteiger partial charge in [0.1, 0.15) is 5.52 Å². The Bertz CT molecular complexity index is 734. The summed E-state index contributed by atoms with van der Waals surface area (Å²) < 4.78 is 12.0. The molecule has 0 spiro atoms. The fourth-order valence-corrected chi connectivity index (χ4v) is 1.84. The normalized spacial score (nSPS) is 10.6. The van der Waals surface area contributed by atoms with Crippen LogP contribution in [0.1, 0.15) is 0 Å². The highest BCUT2D eigenvalue weighted by molar-refractivity contribution is 6.31. The lowest BCUT2D eigenvalue weighted by Crippen LogP contribution is -1.91. The van der Waals surface area contributed by atoms with Crippen LogP contribution in [0.2, 0.25) is 5.02 Å². The Kier molecular flexibility index (Phi) is 2.97. The summed E-state index contributed by atoms with van der Waals surface area (Å²) in [4.78, 5) is 16.3. The van der Waals surface area contributed by atoms with E-state index in [2.05, 4.69) is 19.9 Å². The zero-order valence-electron chi connectivity index (χ0n) is 9.55. The van der Waals surface area contributed by atoms with Gasteiger partial charge in [0.15, 0.2) is 11.6 Å². The van der Waals surface area contributed by atoms with E-state index in [0.717, 1.165) is 5.56 Å². The van der Waals surface area contributed by atoms with Crippen LogP contribution in [0, 0.1) is 0 Å². The van der Waals surface area contributed by atoms with E-state index in [-0.39, 0.29) is 5.75 Å². The smallest absolute Gasteiger partial charge is 0.171 e. The summed E-state index contributed by atoms with van der Waals surface area (Å²) in [6.07, 6.45) is 3.16. The first-order chi connectivity index (χ1) is 9.26. The lowest BCUT2D eigenvalue weighted by molar-refractivity contribution is -0.00618. The lowest BCUT2D eigenvalue weighted by Gasteiger charge is -2.02. The van der Waals surface area contributed by atoms with Crippen LogP contribution in [0.5, 0.6) is 5.75 Å². The minimum absolute atomic E-state index is 0.134. The van der Waals surface area contributed by atoms with Crippen LogP contribution < -0.4 is 4.94 Å². The first-order valence-corrected chi connectivity index (χ1v) is 5.81. The van der Waals surface area contributed by atoms with E-state index >= 15 is 0 Å². The monoisotopic (exact) mass is 275 g/mol. The number of rotatable bonds is 2. The van der Waals surface area contributed by atoms with Gasteiger partial charge in [-0.15, -0.1) is 0 Å². The van der Waals surface area contributed by atoms with E-state index in [9.17, 15) is 4.53 Å². The van der Waals surface area contributed by atoms with Gasteiger partial charge in [0.05, 0.1) is 16.7 Å². The van der Waals surface area contributed by atoms with Crippen LogP contribution >= 0.6 is 11.6 Å². The zero-order valence-corrected chi connectivity index (χ0v) is 10.3. The molecule has 0 aliphatic heterocycles. The van der Waals surface area contributed by atoms with Crippen molar-refractivity contribution in [3.05, 3.63) is 47.7 Å². The van der Waals surface area contributed by atoms with E-state index in [1.807, 2.05) is 0 Å². The third-order valence-electron chi connectivity index (χ3n) is 2.60. The van der Waals surface area contributed by atoms with Gasteiger partial charge in [-0.1, -0.05) is 11.6 Å². The Hall–Kier alpha value is -2.27. The molecule has 0 aliphatic rings. The second kappa shape index (κ2) is 4.78. The average molecular weight is 276 g/mol. The molecule has 0 saturated heterocycles. The van der Waals surface area contributed by atoms with Crippen molar-refractivity contribution in [2.45, 2.75) is 0 Å². The van der Waals surface area contributed by atoms with Crippen molar-refractivity contribution in [3.63, 3.8) is 0 Å². The van der Waals surface area contributed by atoms with Gasteiger partial charge in [-0.2, -0.15) is 0 Å². The van der Waals surface area contributed by atoms with Gasteiger partial charge in [-0.3, -0.25) is 9.93 Å². The molecule has 3 aromatic rings. The molecule has 6 heteroatoms. The second-order valence-corrected chi connectivity index (χ2v) is 4.29. The maximum atomic E-state index is 12.0. The number of halogens is 2. The molecular formula is C13H7ClFN3O. The Balaban J connectivity index is 2.08. The lowest BCUT2D eigenvalue weighted by atomic mass is 10.2. The third kappa shape index (κ3) is 2.32. The molecule has 94 valence electrons. The third-order valence-corrected chi connectivity index (χ3v) is 2.81. The predicted molar refractivity (Wildman–Crippen MR) is 69.5 cm³/mol. The van der Waals surface area contributed by atoms with Gasteiger partial charge in [-0.25, -0.2) is 9.97 Å². The molecule has 0 unspecified atom stereocenters. The fourth-order valence-electron chi connectivity index (χ4n) is 1.69. The van der Waals surface area contributed by atoms with Crippen LogP contribution in [0.3, 0.4) is 0 Å². The van der Waals surface area contributed by atoms with Crippen molar-refractivity contribution in [1.29, 1.82) is 0 Å². The molecule has 0 atom stereocenters. The van der Waals surface area contributed by atoms with Gasteiger partial charge < -0.3 is 0 Å². The van der Waals surface area contributed by atoms with Gasteiger partial charge in [0.25, 0.3) is 0 Å². The SMILES string of the molecule is FOc1ccc(-c2ncc3ncc(Cl)cc3n2)cc1. The topological polar surface area (TPSA) is 47.9 Å². The fraction of sp³-hybridized carbons (Fsp3) is 0. The Labute approximate surface area is 112 Å². The molecule has 3 rings (SSSR count). The highest BCUT2D eigenvalue weighted by Crippen LogP contribution is 2.22. The van der Waals surface area contributed by atoms with E-state index in [0.29, 0.717) is 21.9 Å². The summed E-state index contributed by atoms with van der Waals surface area (Å²) in [5.74, 6) is 0.649. The van der Waals surface area contributed by atoms with E-state index < -0.39 is 0 Å². The molecule has 2 heterocycles. The van der Waals surface area contributed by atoms with Gasteiger partial charge >= 0.3 is 0 Å². The molecule has 0 radical (unpaired) electrons. The summed E-state index contributed by atoms with van der Waals surface area (Å²) >= 11 is 5.88. The quantitative estimate of drug-likeness (QED) is 0.717. The van der Waals surface area contributed by atoms with Crippen molar-refractivity contribution in [3.8, 4) is 17.1 Å². The Morgan fingerprint density at radius 2 is 1.79 bits per heavy atom. The summed E-state index contributed by atoms with van der Waals surface area (Å²) in [5.41, 5.74) is 2.07. The van der Waals surface area contributed by atoms with Crippen LogP contribution in [0.25, 0.3) is 22.4 Å². The maximum Gasteiger partial charge on any atom is 0.171 e. The molecule has 0 fully saturated rings. The molecule has 0 saturated carbocycles. The predicted octanol–water partition coefficient (Wildman–Crippen LogP) is 3.61. The first kappa shape index (κ1) is 11.8. The van der Waals surface area contributed by atoms with Crippen molar-refractivity contribution in [2.24, 2.45) is 0 Å². The molecule has 2 aromatic heterocycles. The summed E-state index contributed by atoms with van der Waals surface area (Å²) in [5, 5.41) is 0.512. The first-order valence-electron chi connectivity index (χ1n) is 5.43. The summed E-state index contributed by atoms with van der Waals surface area (Å²) in [6, 6.07) is 8.06. The van der Waals surface area contributed by atoms with Crippen molar-refractivity contribution in [2.75, 3.05) is 0 Å². The Morgan fingerprint density at radius 3 is 2.53 bits per heavy atom. The van der Waals surface area contributed by atoms with Gasteiger partial charge in [-0.05, 0) is 30.3 Å². The minimum Gasteiger partial charge on any atom is -0.294 e. The number of hydrogen-bond donors (Lipinski definition) is 0. The molecule has 0 aliphatic carbocycles. The molecule has 1 aromatic carbocycles. The summed E-state index contributed by atoms with van der Waals surface area (Å²) in [6.45, 7) is 0. The van der Waals surface area contributed by atoms with Crippen molar-refractivity contribution in [1.82, 2.24) is 15.0 Å². The van der Waals surface area contributed by atoms with E-state index in [1.54, 1.807) is 30.6 Å². The molecule has 19 heavy (non-hydrogen) atoms. The van der Waals surface area contributed by atoms with Gasteiger partial charge in [0, 0.05) is 16.3 Å². The highest BCUT2D eigenvalue weighted by Gasteiger charge is 2.05. The largest absolute Gasteiger partial charge is 0.294 e. The van der Waals surface area contributed by atoms with Crippen molar-refractivity contribution >= 4 is 22.6 Å². The van der Waals surface area contributed by atoms with Crippen molar-refractivity contribution < 1.29 is 9.47 Å².